The highest BCUT2D eigenvalue weighted by Crippen LogP contribution is 2.41. The first-order valence-corrected chi connectivity index (χ1v) is 30.0. The van der Waals surface area contributed by atoms with Crippen LogP contribution in [0.3, 0.4) is 0 Å². The summed E-state index contributed by atoms with van der Waals surface area (Å²) in [5.74, 6) is 0. The van der Waals surface area contributed by atoms with Crippen molar-refractivity contribution in [2.45, 2.75) is 152 Å². The van der Waals surface area contributed by atoms with Gasteiger partial charge in [0.15, 0.2) is 16.6 Å². The molecule has 4 atom stereocenters. The molecule has 1 N–H and O–H groups in total. The number of alkyl halides is 12. The summed E-state index contributed by atoms with van der Waals surface area (Å²) in [5, 5.41) is 8.89. The maximum absolute atomic E-state index is 13.6. The van der Waals surface area contributed by atoms with Gasteiger partial charge in [0.1, 0.15) is 0 Å². The molecule has 4 unspecified atom stereocenters. The summed E-state index contributed by atoms with van der Waals surface area (Å²) in [4.78, 5) is 0. The van der Waals surface area contributed by atoms with Crippen LogP contribution in [0.5, 0.6) is 0 Å². The predicted molar refractivity (Wildman–Crippen MR) is 177 cm³/mol. The number of rotatable bonds is 25. The van der Waals surface area contributed by atoms with E-state index in [0.29, 0.717) is 25.3 Å². The molecule has 0 fully saturated rings. The standard InChI is InChI=1S/C27H54F12O6Si5/c1-8-9-19-47(4,20-11-24(28,29)30)43-49(6,22-13-26(34,35)36)45-50(7,23-14-27(37,38)39)44-48(5,21-12-25(31,32)33)42-46(2,3)18-10-16-41-17-15-40/h40H,8-23H2,1-7H3. The Morgan fingerprint density at radius 1 is 0.460 bits per heavy atom. The Labute approximate surface area is 292 Å². The van der Waals surface area contributed by atoms with Crippen LogP contribution in [0.15, 0.2) is 0 Å². The second-order valence-electron chi connectivity index (χ2n) is 14.0. The average molecular weight is 843 g/mol. The number of hydrogen-bond acceptors (Lipinski definition) is 6. The van der Waals surface area contributed by atoms with Crippen LogP contribution >= 0.6 is 0 Å². The van der Waals surface area contributed by atoms with Crippen LogP contribution in [0.2, 0.25) is 75.5 Å². The van der Waals surface area contributed by atoms with Crippen molar-refractivity contribution < 1.29 is 79.0 Å². The van der Waals surface area contributed by atoms with E-state index in [1.54, 1.807) is 20.0 Å². The molecule has 0 rings (SSSR count). The second kappa shape index (κ2) is 20.1. The van der Waals surface area contributed by atoms with Gasteiger partial charge in [-0.1, -0.05) is 19.8 Å². The zero-order chi connectivity index (χ0) is 39.3. The molecule has 0 radical (unpaired) electrons. The average Bonchev–Trinajstić information content (AvgIpc) is 2.90. The first-order chi connectivity index (χ1) is 22.3. The molecular formula is C27H54F12O6Si5. The first kappa shape index (κ1) is 50.0. The largest absolute Gasteiger partial charge is 0.436 e. The molecule has 0 spiro atoms. The van der Waals surface area contributed by atoms with Gasteiger partial charge < -0.3 is 26.3 Å². The Kier molecular flexibility index (Phi) is 20.1. The van der Waals surface area contributed by atoms with Crippen LogP contribution in [0, 0.1) is 0 Å². The number of aliphatic hydroxyl groups excluding tert-OH is 1. The van der Waals surface area contributed by atoms with Gasteiger partial charge in [0.25, 0.3) is 0 Å². The lowest BCUT2D eigenvalue weighted by molar-refractivity contribution is -0.132. The van der Waals surface area contributed by atoms with Crippen molar-refractivity contribution in [3.63, 3.8) is 0 Å². The van der Waals surface area contributed by atoms with Crippen molar-refractivity contribution in [3.05, 3.63) is 0 Å². The summed E-state index contributed by atoms with van der Waals surface area (Å²) in [5.41, 5.74) is 0. The van der Waals surface area contributed by atoms with Crippen LogP contribution in [0.4, 0.5) is 52.7 Å². The minimum Gasteiger partial charge on any atom is -0.436 e. The van der Waals surface area contributed by atoms with Gasteiger partial charge in [-0.2, -0.15) is 52.7 Å². The van der Waals surface area contributed by atoms with Gasteiger partial charge in [-0.15, -0.1) is 0 Å². The third-order valence-corrected chi connectivity index (χ3v) is 30.0. The molecule has 23 heteroatoms. The molecule has 0 aromatic rings. The van der Waals surface area contributed by atoms with E-state index in [1.165, 1.54) is 13.1 Å². The van der Waals surface area contributed by atoms with E-state index in [0.717, 1.165) is 13.1 Å². The Hall–Kier alpha value is 0.00442. The van der Waals surface area contributed by atoms with Crippen molar-refractivity contribution in [1.29, 1.82) is 0 Å². The quantitative estimate of drug-likeness (QED) is 0.0561. The topological polar surface area (TPSA) is 66.4 Å². The summed E-state index contributed by atoms with van der Waals surface area (Å²) in [6.45, 7) is 10.1. The Morgan fingerprint density at radius 3 is 1.22 bits per heavy atom. The van der Waals surface area contributed by atoms with E-state index in [2.05, 4.69) is 0 Å². The van der Waals surface area contributed by atoms with Crippen LogP contribution < -0.4 is 0 Å². The van der Waals surface area contributed by atoms with Crippen molar-refractivity contribution >= 4 is 42.3 Å². The molecule has 50 heavy (non-hydrogen) atoms. The van der Waals surface area contributed by atoms with Gasteiger partial charge in [-0.05, 0) is 82.0 Å². The van der Waals surface area contributed by atoms with Crippen LogP contribution in [-0.2, 0) is 21.2 Å². The Balaban J connectivity index is 6.94. The highest BCUT2D eigenvalue weighted by Gasteiger charge is 2.54. The molecular weight excluding hydrogens is 789 g/mol. The first-order valence-electron chi connectivity index (χ1n) is 16.5. The zero-order valence-corrected chi connectivity index (χ0v) is 34.8. The summed E-state index contributed by atoms with van der Waals surface area (Å²) in [6.07, 6.45) is -23.4. The summed E-state index contributed by atoms with van der Waals surface area (Å²) in [6, 6.07) is -2.62. The van der Waals surface area contributed by atoms with Crippen LogP contribution in [0.25, 0.3) is 0 Å². The predicted octanol–water partition coefficient (Wildman–Crippen LogP) is 11.1. The molecule has 0 heterocycles. The minimum atomic E-state index is -4.81. The monoisotopic (exact) mass is 842 g/mol. The highest BCUT2D eigenvalue weighted by atomic mass is 28.5. The third-order valence-electron chi connectivity index (χ3n) is 7.71. The fourth-order valence-corrected chi connectivity index (χ4v) is 32.3. The molecule has 6 nitrogen and oxygen atoms in total. The minimum absolute atomic E-state index is 0.0557. The van der Waals surface area contributed by atoms with Crippen LogP contribution in [-0.4, -0.2) is 91.9 Å². The molecule has 0 aliphatic carbocycles. The SMILES string of the molecule is CCCC[Si](C)(CCC(F)(F)F)O[Si](C)(CCC(F)(F)F)O[Si](C)(CCC(F)(F)F)O[Si](C)(CCC(F)(F)F)O[Si](C)(C)CCCOCCO. The van der Waals surface area contributed by atoms with Crippen LogP contribution in [0.1, 0.15) is 51.9 Å². The van der Waals surface area contributed by atoms with Gasteiger partial charge in [0, 0.05) is 32.3 Å². The van der Waals surface area contributed by atoms with Crippen molar-refractivity contribution in [2.24, 2.45) is 0 Å². The Bertz CT molecular complexity index is 976. The smallest absolute Gasteiger partial charge is 0.389 e. The molecule has 0 aromatic carbocycles. The molecule has 0 aliphatic rings. The number of ether oxygens (including phenoxy) is 1. The van der Waals surface area contributed by atoms with E-state index in [9.17, 15) is 52.7 Å². The van der Waals surface area contributed by atoms with Gasteiger partial charge in [0.2, 0.25) is 0 Å². The van der Waals surface area contributed by atoms with Gasteiger partial charge in [-0.25, -0.2) is 0 Å². The Morgan fingerprint density at radius 2 is 0.840 bits per heavy atom. The van der Waals surface area contributed by atoms with E-state index < -0.39 is 117 Å². The molecule has 0 saturated carbocycles. The van der Waals surface area contributed by atoms with Gasteiger partial charge in [0.05, 0.1) is 13.2 Å². The number of unbranched alkanes of at least 4 members (excludes halogenated alkanes) is 1. The van der Waals surface area contributed by atoms with Gasteiger partial charge >= 0.3 is 50.4 Å². The lowest BCUT2D eigenvalue weighted by Crippen LogP contribution is -2.62. The lowest BCUT2D eigenvalue weighted by atomic mass is 10.4. The van der Waals surface area contributed by atoms with Gasteiger partial charge in [-0.3, -0.25) is 0 Å². The summed E-state index contributed by atoms with van der Waals surface area (Å²) < 4.78 is 192. The third kappa shape index (κ3) is 25.1. The number of hydrogen-bond donors (Lipinski definition) is 1. The van der Waals surface area contributed by atoms with E-state index >= 15 is 0 Å². The fraction of sp³-hybridized carbons (Fsp3) is 1.00. The van der Waals surface area contributed by atoms with E-state index in [1.807, 2.05) is 0 Å². The number of halogens is 12. The molecule has 0 aliphatic heterocycles. The maximum atomic E-state index is 13.6. The summed E-state index contributed by atoms with van der Waals surface area (Å²) in [7, 11) is -19.4. The zero-order valence-electron chi connectivity index (χ0n) is 29.8. The highest BCUT2D eigenvalue weighted by molar-refractivity contribution is 6.91. The molecule has 0 aromatic heterocycles. The molecule has 0 amide bonds. The van der Waals surface area contributed by atoms with Crippen molar-refractivity contribution in [3.8, 4) is 0 Å². The van der Waals surface area contributed by atoms with E-state index in [-0.39, 0.29) is 25.9 Å². The molecule has 0 bridgehead atoms. The van der Waals surface area contributed by atoms with E-state index in [4.69, 9.17) is 26.3 Å². The number of aliphatic hydroxyl groups is 1. The van der Waals surface area contributed by atoms with Crippen molar-refractivity contribution in [1.82, 2.24) is 0 Å². The van der Waals surface area contributed by atoms with Crippen molar-refractivity contribution in [2.75, 3.05) is 19.8 Å². The fourth-order valence-electron chi connectivity index (χ4n) is 5.50. The second-order valence-corrected chi connectivity index (χ2v) is 33.5. The normalized spacial score (nSPS) is 18.7. The maximum Gasteiger partial charge on any atom is 0.389 e. The molecule has 302 valence electrons. The summed E-state index contributed by atoms with van der Waals surface area (Å²) >= 11 is 0. The molecule has 0 saturated heterocycles. The lowest BCUT2D eigenvalue weighted by Gasteiger charge is -2.46.